The maximum atomic E-state index is 13.9. The lowest BCUT2D eigenvalue weighted by Gasteiger charge is -2.28. The first kappa shape index (κ1) is 23.4. The minimum atomic E-state index is -0.769. The predicted molar refractivity (Wildman–Crippen MR) is 122 cm³/mol. The molecule has 4 rings (SSSR count). The lowest BCUT2D eigenvalue weighted by molar-refractivity contribution is -0.147. The van der Waals surface area contributed by atoms with E-state index in [-0.39, 0.29) is 30.1 Å². The largest absolute Gasteiger partial charge is 0.456 e. The molecule has 3 aromatic rings. The molecule has 34 heavy (non-hydrogen) atoms. The monoisotopic (exact) mass is 469 g/mol. The third-order valence-corrected chi connectivity index (χ3v) is 5.54. The minimum absolute atomic E-state index is 0.0640. The van der Waals surface area contributed by atoms with E-state index in [1.165, 1.54) is 31.5 Å². The summed E-state index contributed by atoms with van der Waals surface area (Å²) < 4.78 is 38.1. The van der Waals surface area contributed by atoms with Gasteiger partial charge in [-0.1, -0.05) is 6.07 Å². The number of carbonyl (C=O) groups is 2. The first-order chi connectivity index (χ1) is 16.5. The molecule has 0 unspecified atom stereocenters. The van der Waals surface area contributed by atoms with E-state index in [1.807, 2.05) is 24.3 Å². The molecule has 0 bridgehead atoms. The van der Waals surface area contributed by atoms with Gasteiger partial charge in [-0.25, -0.2) is 13.8 Å². The number of aromatic nitrogens is 1. The van der Waals surface area contributed by atoms with Gasteiger partial charge in [0.1, 0.15) is 11.6 Å². The van der Waals surface area contributed by atoms with Crippen LogP contribution in [0.3, 0.4) is 0 Å². The fourth-order valence-electron chi connectivity index (χ4n) is 3.81. The fourth-order valence-corrected chi connectivity index (χ4v) is 3.81. The SMILES string of the molecule is O=C(COC(=O)CCc1ncc(-c2c(F)cccc2F)o1)Nc1ccc(N2CCCCC2)cc1. The predicted octanol–water partition coefficient (Wildman–Crippen LogP) is 4.72. The second kappa shape index (κ2) is 10.9. The average molecular weight is 469 g/mol. The van der Waals surface area contributed by atoms with E-state index >= 15 is 0 Å². The number of piperidine rings is 1. The van der Waals surface area contributed by atoms with Crippen molar-refractivity contribution in [2.45, 2.75) is 32.1 Å². The van der Waals surface area contributed by atoms with Crippen molar-refractivity contribution in [3.05, 3.63) is 66.2 Å². The van der Waals surface area contributed by atoms with Gasteiger partial charge in [0.15, 0.2) is 18.3 Å². The van der Waals surface area contributed by atoms with Crippen molar-refractivity contribution in [3.8, 4) is 11.3 Å². The molecule has 1 saturated heterocycles. The van der Waals surface area contributed by atoms with E-state index in [9.17, 15) is 18.4 Å². The third kappa shape index (κ3) is 5.98. The number of nitrogens with zero attached hydrogens (tertiary/aromatic N) is 2. The standard InChI is InChI=1S/C25H25F2N3O4/c26-19-5-4-6-20(27)25(19)21-15-28-23(34-21)11-12-24(32)33-16-22(31)29-17-7-9-18(10-8-17)30-13-2-1-3-14-30/h4-10,15H,1-3,11-14,16H2,(H,29,31). The Hall–Kier alpha value is -3.75. The van der Waals surface area contributed by atoms with Crippen molar-refractivity contribution in [1.82, 2.24) is 4.98 Å². The van der Waals surface area contributed by atoms with Crippen LogP contribution in [0.5, 0.6) is 0 Å². The van der Waals surface area contributed by atoms with Crippen LogP contribution >= 0.6 is 0 Å². The summed E-state index contributed by atoms with van der Waals surface area (Å²) in [5.41, 5.74) is 1.43. The van der Waals surface area contributed by atoms with Crippen LogP contribution in [-0.2, 0) is 20.7 Å². The summed E-state index contributed by atoms with van der Waals surface area (Å²) in [4.78, 5) is 30.4. The van der Waals surface area contributed by atoms with Crippen molar-refractivity contribution in [2.24, 2.45) is 0 Å². The first-order valence-electron chi connectivity index (χ1n) is 11.2. The number of esters is 1. The Morgan fingerprint density at radius 2 is 1.74 bits per heavy atom. The van der Waals surface area contributed by atoms with Crippen LogP contribution in [0.15, 0.2) is 53.1 Å². The highest BCUT2D eigenvalue weighted by atomic mass is 19.1. The quantitative estimate of drug-likeness (QED) is 0.481. The number of aryl methyl sites for hydroxylation is 1. The van der Waals surface area contributed by atoms with Gasteiger partial charge in [0.05, 0.1) is 18.2 Å². The van der Waals surface area contributed by atoms with Gasteiger partial charge in [0.2, 0.25) is 0 Å². The zero-order valence-electron chi connectivity index (χ0n) is 18.6. The molecule has 1 aliphatic rings. The van der Waals surface area contributed by atoms with E-state index in [2.05, 4.69) is 15.2 Å². The van der Waals surface area contributed by atoms with Crippen molar-refractivity contribution >= 4 is 23.3 Å². The van der Waals surface area contributed by atoms with Crippen LogP contribution in [0, 0.1) is 11.6 Å². The number of rotatable bonds is 8. The van der Waals surface area contributed by atoms with Crippen LogP contribution in [0.25, 0.3) is 11.3 Å². The molecule has 1 amide bonds. The molecule has 0 saturated carbocycles. The Labute approximate surface area is 195 Å². The zero-order chi connectivity index (χ0) is 23.9. The number of nitrogens with one attached hydrogen (secondary N) is 1. The summed E-state index contributed by atoms with van der Waals surface area (Å²) in [6.45, 7) is 1.65. The Balaban J connectivity index is 1.21. The Morgan fingerprint density at radius 3 is 2.44 bits per heavy atom. The highest BCUT2D eigenvalue weighted by Crippen LogP contribution is 2.27. The highest BCUT2D eigenvalue weighted by molar-refractivity contribution is 5.92. The molecule has 178 valence electrons. The van der Waals surface area contributed by atoms with Gasteiger partial charge in [-0.2, -0.15) is 0 Å². The third-order valence-electron chi connectivity index (χ3n) is 5.54. The summed E-state index contributed by atoms with van der Waals surface area (Å²) >= 11 is 0. The first-order valence-corrected chi connectivity index (χ1v) is 11.2. The number of oxazole rings is 1. The molecule has 1 N–H and O–H groups in total. The van der Waals surface area contributed by atoms with Gasteiger partial charge in [0, 0.05) is 30.9 Å². The van der Waals surface area contributed by atoms with E-state index in [0.717, 1.165) is 30.9 Å². The molecule has 9 heteroatoms. The van der Waals surface area contributed by atoms with E-state index in [1.54, 1.807) is 0 Å². The summed E-state index contributed by atoms with van der Waals surface area (Å²) in [7, 11) is 0. The van der Waals surface area contributed by atoms with Crippen LogP contribution in [0.2, 0.25) is 0 Å². The summed E-state index contributed by atoms with van der Waals surface area (Å²) in [5, 5.41) is 2.70. The number of benzene rings is 2. The fraction of sp³-hybridized carbons (Fsp3) is 0.320. The molecule has 2 heterocycles. The van der Waals surface area contributed by atoms with Crippen LogP contribution in [-0.4, -0.2) is 36.6 Å². The van der Waals surface area contributed by atoms with Crippen LogP contribution in [0.4, 0.5) is 20.2 Å². The van der Waals surface area contributed by atoms with Crippen LogP contribution < -0.4 is 10.2 Å². The Bertz CT molecular complexity index is 1120. The topological polar surface area (TPSA) is 84.7 Å². The lowest BCUT2D eigenvalue weighted by Crippen LogP contribution is -2.29. The van der Waals surface area contributed by atoms with E-state index in [4.69, 9.17) is 9.15 Å². The Kier molecular flexibility index (Phi) is 7.51. The molecule has 1 fully saturated rings. The summed E-state index contributed by atoms with van der Waals surface area (Å²) in [6, 6.07) is 11.1. The molecule has 2 aromatic carbocycles. The maximum absolute atomic E-state index is 13.9. The van der Waals surface area contributed by atoms with Gasteiger partial charge in [-0.3, -0.25) is 9.59 Å². The van der Waals surface area contributed by atoms with Crippen molar-refractivity contribution in [1.29, 1.82) is 0 Å². The Morgan fingerprint density at radius 1 is 1.03 bits per heavy atom. The normalized spacial score (nSPS) is 13.5. The summed E-state index contributed by atoms with van der Waals surface area (Å²) in [5.74, 6) is -2.54. The van der Waals surface area contributed by atoms with E-state index < -0.39 is 30.1 Å². The van der Waals surface area contributed by atoms with Gasteiger partial charge < -0.3 is 19.4 Å². The molecular formula is C25H25F2N3O4. The molecule has 0 spiro atoms. The molecule has 7 nitrogen and oxygen atoms in total. The second-order valence-electron chi connectivity index (χ2n) is 8.02. The van der Waals surface area contributed by atoms with Crippen LogP contribution in [0.1, 0.15) is 31.6 Å². The molecule has 1 aromatic heterocycles. The van der Waals surface area contributed by atoms with Crippen molar-refractivity contribution < 1.29 is 27.5 Å². The second-order valence-corrected chi connectivity index (χ2v) is 8.02. The average Bonchev–Trinajstić information content (AvgIpc) is 3.31. The van der Waals surface area contributed by atoms with Gasteiger partial charge in [-0.15, -0.1) is 0 Å². The number of ether oxygens (including phenoxy) is 1. The number of hydrogen-bond acceptors (Lipinski definition) is 6. The van der Waals surface area contributed by atoms with Crippen molar-refractivity contribution in [2.75, 3.05) is 29.9 Å². The number of amides is 1. The molecule has 1 aliphatic heterocycles. The molecule has 0 atom stereocenters. The van der Waals surface area contributed by atoms with Gasteiger partial charge >= 0.3 is 5.97 Å². The van der Waals surface area contributed by atoms with E-state index in [0.29, 0.717) is 5.69 Å². The maximum Gasteiger partial charge on any atom is 0.306 e. The lowest BCUT2D eigenvalue weighted by atomic mass is 10.1. The van der Waals surface area contributed by atoms with Gasteiger partial charge in [0.25, 0.3) is 5.91 Å². The highest BCUT2D eigenvalue weighted by Gasteiger charge is 2.17. The number of halogens is 2. The van der Waals surface area contributed by atoms with Crippen molar-refractivity contribution in [3.63, 3.8) is 0 Å². The van der Waals surface area contributed by atoms with Gasteiger partial charge in [-0.05, 0) is 55.7 Å². The number of anilines is 2. The molecule has 0 radical (unpaired) electrons. The summed E-state index contributed by atoms with van der Waals surface area (Å²) in [6.07, 6.45) is 4.80. The molecule has 0 aliphatic carbocycles. The number of carbonyl (C=O) groups excluding carboxylic acids is 2. The molecular weight excluding hydrogens is 444 g/mol. The number of hydrogen-bond donors (Lipinski definition) is 1. The zero-order valence-corrected chi connectivity index (χ0v) is 18.6. The smallest absolute Gasteiger partial charge is 0.306 e. The minimum Gasteiger partial charge on any atom is -0.456 e.